The third kappa shape index (κ3) is 5.03. The molecule has 13 nitrogen and oxygen atoms in total. The quantitative estimate of drug-likeness (QED) is 0.171. The van der Waals surface area contributed by atoms with Crippen LogP contribution < -0.4 is 62.2 Å². The van der Waals surface area contributed by atoms with Crippen molar-refractivity contribution < 1.29 is 56.8 Å². The van der Waals surface area contributed by atoms with Crippen LogP contribution in [0.15, 0.2) is 5.38 Å². The van der Waals surface area contributed by atoms with E-state index in [9.17, 15) is 0 Å². The largest absolute Gasteiger partial charge is 0.485 e. The molecule has 56 heavy (non-hydrogen) atoms. The Morgan fingerprint density at radius 3 is 0.946 bits per heavy atom. The molecule has 6 aliphatic heterocycles. The molecule has 0 aliphatic carbocycles. The van der Waals surface area contributed by atoms with Crippen molar-refractivity contribution in [2.24, 2.45) is 0 Å². The fourth-order valence-electron chi connectivity index (χ4n) is 7.28. The van der Waals surface area contributed by atoms with E-state index in [2.05, 4.69) is 5.32 Å². The number of fused-ring (bicyclic) bond motifs is 6. The first-order chi connectivity index (χ1) is 27.7. The van der Waals surface area contributed by atoms with Gasteiger partial charge in [-0.3, -0.25) is 0 Å². The first kappa shape index (κ1) is 33.7. The molecule has 0 atom stereocenters. The fraction of sp³-hybridized carbons (Fsp3) is 0.351. The number of rotatable bonds is 6. The molecule has 290 valence electrons. The maximum Gasteiger partial charge on any atom is 0.196 e. The Kier molecular flexibility index (Phi) is 8.03. The van der Waals surface area contributed by atoms with Gasteiger partial charge in [0.2, 0.25) is 0 Å². The zero-order chi connectivity index (χ0) is 36.9. The topological polar surface area (TPSA) is 123 Å². The minimum atomic E-state index is 0.413. The molecule has 0 saturated heterocycles. The molecule has 12 rings (SSSR count). The average molecular weight is 872 g/mol. The summed E-state index contributed by atoms with van der Waals surface area (Å²) in [5.41, 5.74) is 0. The third-order valence-corrected chi connectivity index (χ3v) is 17.1. The Balaban J connectivity index is 1.02. The smallest absolute Gasteiger partial charge is 0.196 e. The van der Waals surface area contributed by atoms with E-state index in [0.29, 0.717) is 131 Å². The Hall–Kier alpha value is -4.40. The fourth-order valence-corrected chi connectivity index (χ4v) is 14.7. The average Bonchev–Trinajstić information content (AvgIpc) is 4.11. The van der Waals surface area contributed by atoms with Gasteiger partial charge in [0.15, 0.2) is 69.0 Å². The van der Waals surface area contributed by atoms with Gasteiger partial charge in [-0.25, -0.2) is 0 Å². The van der Waals surface area contributed by atoms with Crippen LogP contribution in [0.2, 0.25) is 0 Å². The molecule has 0 spiro atoms. The summed E-state index contributed by atoms with van der Waals surface area (Å²) in [5, 5.41) is 6.16. The van der Waals surface area contributed by atoms with Gasteiger partial charge in [0.1, 0.15) is 84.3 Å². The molecule has 19 heteroatoms. The zero-order valence-corrected chi connectivity index (χ0v) is 34.3. The number of nitrogens with one attached hydrogen (secondary N) is 1. The van der Waals surface area contributed by atoms with Crippen LogP contribution in [0.3, 0.4) is 0 Å². The van der Waals surface area contributed by atoms with E-state index in [-0.39, 0.29) is 0 Å². The molecule has 6 aliphatic rings. The van der Waals surface area contributed by atoms with Crippen LogP contribution in [0.4, 0.5) is 5.00 Å². The van der Waals surface area contributed by atoms with Crippen molar-refractivity contribution in [2.45, 2.75) is 0 Å². The first-order valence-electron chi connectivity index (χ1n) is 17.9. The number of hydrogen-bond donors (Lipinski definition) is 1. The lowest BCUT2D eigenvalue weighted by Crippen LogP contribution is -2.16. The van der Waals surface area contributed by atoms with Crippen LogP contribution in [0.5, 0.6) is 69.0 Å². The standard InChI is InChI=1S/C37H29NO12S6/c1-38-37-26-25(49-12-13-50-26)36(56-37)35-24-23(47-10-11-48-24)34(55-35)33-22-21(45-8-9-46-22)32(54-33)31-20-19(43-6-7-44-20)30(53-31)29-18-17(41-4-5-42-18)28(52-29)27-16-15(14-51-27)39-2-3-40-16/h14,38H,2-13H2,1H3. The Morgan fingerprint density at radius 2 is 0.589 bits per heavy atom. The van der Waals surface area contributed by atoms with E-state index in [1.54, 1.807) is 68.0 Å². The highest BCUT2D eigenvalue weighted by atomic mass is 32.1. The van der Waals surface area contributed by atoms with Crippen LogP contribution in [-0.4, -0.2) is 86.3 Å². The van der Waals surface area contributed by atoms with Crippen LogP contribution in [-0.2, 0) is 0 Å². The van der Waals surface area contributed by atoms with Crippen molar-refractivity contribution in [1.29, 1.82) is 0 Å². The van der Waals surface area contributed by atoms with Crippen molar-refractivity contribution in [3.05, 3.63) is 5.38 Å². The maximum atomic E-state index is 6.46. The van der Waals surface area contributed by atoms with Gasteiger partial charge in [0, 0.05) is 12.4 Å². The highest BCUT2D eigenvalue weighted by molar-refractivity contribution is 7.32. The van der Waals surface area contributed by atoms with Crippen molar-refractivity contribution in [3.8, 4) is 118 Å². The van der Waals surface area contributed by atoms with Crippen molar-refractivity contribution >= 4 is 73.0 Å². The van der Waals surface area contributed by atoms with Gasteiger partial charge in [-0.2, -0.15) is 0 Å². The Morgan fingerprint density at radius 1 is 0.321 bits per heavy atom. The van der Waals surface area contributed by atoms with E-state index < -0.39 is 0 Å². The molecule has 12 heterocycles. The molecule has 1 N–H and O–H groups in total. The summed E-state index contributed by atoms with van der Waals surface area (Å²) in [5.74, 6) is 8.37. The summed E-state index contributed by atoms with van der Waals surface area (Å²) in [6.07, 6.45) is 0. The second-order valence-corrected chi connectivity index (χ2v) is 18.8. The number of hydrogen-bond acceptors (Lipinski definition) is 19. The van der Waals surface area contributed by atoms with Crippen LogP contribution >= 0.6 is 68.0 Å². The summed E-state index contributed by atoms with van der Waals surface area (Å²) in [6.45, 7) is 5.39. The van der Waals surface area contributed by atoms with E-state index in [4.69, 9.17) is 56.8 Å². The van der Waals surface area contributed by atoms with Gasteiger partial charge >= 0.3 is 0 Å². The van der Waals surface area contributed by atoms with Crippen LogP contribution in [0.1, 0.15) is 0 Å². The lowest BCUT2D eigenvalue weighted by Gasteiger charge is -2.19. The van der Waals surface area contributed by atoms with E-state index in [1.807, 2.05) is 12.4 Å². The van der Waals surface area contributed by atoms with Gasteiger partial charge in [-0.1, -0.05) is 0 Å². The van der Waals surface area contributed by atoms with Gasteiger partial charge < -0.3 is 62.2 Å². The van der Waals surface area contributed by atoms with E-state index in [1.165, 1.54) is 0 Å². The summed E-state index contributed by atoms with van der Waals surface area (Å²) < 4.78 is 75.4. The normalized spacial score (nSPS) is 17.2. The van der Waals surface area contributed by atoms with Crippen LogP contribution in [0.25, 0.3) is 48.8 Å². The summed E-state index contributed by atoms with van der Waals surface area (Å²) in [4.78, 5) is 9.10. The molecule has 0 amide bonds. The lowest BCUT2D eigenvalue weighted by atomic mass is 10.2. The summed E-state index contributed by atoms with van der Waals surface area (Å²) in [7, 11) is 1.89. The molecule has 6 aromatic rings. The molecule has 0 aromatic carbocycles. The highest BCUT2D eigenvalue weighted by Gasteiger charge is 2.40. The second kappa shape index (κ2) is 13.3. The highest BCUT2D eigenvalue weighted by Crippen LogP contribution is 2.68. The molecule has 0 fully saturated rings. The second-order valence-electron chi connectivity index (χ2n) is 12.8. The number of ether oxygens (including phenoxy) is 12. The number of thiophene rings is 6. The maximum absolute atomic E-state index is 6.46. The first-order valence-corrected chi connectivity index (χ1v) is 22.9. The summed E-state index contributed by atoms with van der Waals surface area (Å²) in [6, 6.07) is 0. The minimum Gasteiger partial charge on any atom is -0.485 e. The van der Waals surface area contributed by atoms with Crippen molar-refractivity contribution in [3.63, 3.8) is 0 Å². The zero-order valence-electron chi connectivity index (χ0n) is 29.4. The Labute approximate surface area is 342 Å². The monoisotopic (exact) mass is 871 g/mol. The molecule has 6 aromatic heterocycles. The molecular weight excluding hydrogens is 843 g/mol. The van der Waals surface area contributed by atoms with E-state index >= 15 is 0 Å². The molecule has 0 radical (unpaired) electrons. The van der Waals surface area contributed by atoms with E-state index in [0.717, 1.165) is 71.0 Å². The number of anilines is 1. The Bertz CT molecular complexity index is 2540. The molecule has 0 bridgehead atoms. The van der Waals surface area contributed by atoms with Gasteiger partial charge in [-0.05, 0) is 0 Å². The van der Waals surface area contributed by atoms with Gasteiger partial charge in [0.05, 0.1) is 48.8 Å². The molecule has 0 unspecified atom stereocenters. The van der Waals surface area contributed by atoms with Crippen molar-refractivity contribution in [2.75, 3.05) is 91.6 Å². The SMILES string of the molecule is CNc1sc(-c2sc(-c3sc(-c4sc(-c5sc(-c6scc7c6OCCO7)c6c5OCCO6)c5c4OCCO5)c4c3OCCO4)c3c2OCCO3)c2c1OCCO2. The van der Waals surface area contributed by atoms with Gasteiger partial charge in [0.25, 0.3) is 0 Å². The van der Waals surface area contributed by atoms with Crippen LogP contribution in [0, 0.1) is 0 Å². The van der Waals surface area contributed by atoms with Crippen molar-refractivity contribution in [1.82, 2.24) is 0 Å². The van der Waals surface area contributed by atoms with Gasteiger partial charge in [-0.15, -0.1) is 68.0 Å². The summed E-state index contributed by atoms with van der Waals surface area (Å²) >= 11 is 9.51. The lowest BCUT2D eigenvalue weighted by molar-refractivity contribution is 0.170. The minimum absolute atomic E-state index is 0.413. The molecular formula is C37H29NO12S6. The molecule has 0 saturated carbocycles. The third-order valence-electron chi connectivity index (χ3n) is 9.55. The predicted molar refractivity (Wildman–Crippen MR) is 216 cm³/mol. The predicted octanol–water partition coefficient (Wildman–Crippen LogP) is 9.06.